The maximum absolute atomic E-state index is 12.2. The minimum atomic E-state index is -0.376. The van der Waals surface area contributed by atoms with Crippen LogP contribution < -0.4 is 10.6 Å². The molecule has 1 aromatic carbocycles. The Hall–Kier alpha value is -3.65. The van der Waals surface area contributed by atoms with Crippen molar-refractivity contribution >= 4 is 29.0 Å². The SMILES string of the molecule is O=C(Nc1cnn(Cc2ccncc2)c1)Nc1cnn(-c2ccc(Cl)cc2)c1. The molecule has 140 valence electrons. The van der Waals surface area contributed by atoms with E-state index in [1.54, 1.807) is 58.7 Å². The molecule has 0 unspecified atom stereocenters. The van der Waals surface area contributed by atoms with Gasteiger partial charge in [0.1, 0.15) is 0 Å². The van der Waals surface area contributed by atoms with Gasteiger partial charge in [0.25, 0.3) is 0 Å². The maximum atomic E-state index is 12.2. The van der Waals surface area contributed by atoms with Crippen LogP contribution in [0.2, 0.25) is 5.02 Å². The summed E-state index contributed by atoms with van der Waals surface area (Å²) in [4.78, 5) is 16.2. The van der Waals surface area contributed by atoms with Gasteiger partial charge in [0.05, 0.1) is 42.2 Å². The lowest BCUT2D eigenvalue weighted by Crippen LogP contribution is -2.18. The van der Waals surface area contributed by atoms with Gasteiger partial charge in [0.2, 0.25) is 0 Å². The number of benzene rings is 1. The summed E-state index contributed by atoms with van der Waals surface area (Å²) in [5.74, 6) is 0. The maximum Gasteiger partial charge on any atom is 0.323 e. The minimum absolute atomic E-state index is 0.376. The van der Waals surface area contributed by atoms with Crippen molar-refractivity contribution in [3.8, 4) is 5.69 Å². The largest absolute Gasteiger partial charge is 0.323 e. The van der Waals surface area contributed by atoms with E-state index in [9.17, 15) is 4.79 Å². The highest BCUT2D eigenvalue weighted by Crippen LogP contribution is 2.15. The highest BCUT2D eigenvalue weighted by atomic mass is 35.5. The van der Waals surface area contributed by atoms with Gasteiger partial charge in [-0.05, 0) is 42.0 Å². The third-order valence-corrected chi connectivity index (χ3v) is 4.17. The first kappa shape index (κ1) is 17.7. The predicted molar refractivity (Wildman–Crippen MR) is 107 cm³/mol. The van der Waals surface area contributed by atoms with Crippen LogP contribution in [0.15, 0.2) is 73.6 Å². The number of pyridine rings is 1. The molecule has 0 saturated heterocycles. The van der Waals surface area contributed by atoms with Crippen LogP contribution in [-0.2, 0) is 6.54 Å². The second-order valence-electron chi connectivity index (χ2n) is 6.01. The van der Waals surface area contributed by atoms with Gasteiger partial charge in [-0.2, -0.15) is 10.2 Å². The molecule has 0 bridgehead atoms. The van der Waals surface area contributed by atoms with Gasteiger partial charge >= 0.3 is 6.03 Å². The number of hydrogen-bond donors (Lipinski definition) is 2. The van der Waals surface area contributed by atoms with Crippen molar-refractivity contribution in [1.82, 2.24) is 24.5 Å². The number of aromatic nitrogens is 5. The van der Waals surface area contributed by atoms with E-state index in [0.29, 0.717) is 22.9 Å². The quantitative estimate of drug-likeness (QED) is 0.539. The number of nitrogens with zero attached hydrogens (tertiary/aromatic N) is 5. The normalized spacial score (nSPS) is 10.6. The zero-order valence-electron chi connectivity index (χ0n) is 14.7. The first-order chi connectivity index (χ1) is 13.7. The van der Waals surface area contributed by atoms with E-state index in [2.05, 4.69) is 25.8 Å². The summed E-state index contributed by atoms with van der Waals surface area (Å²) < 4.78 is 3.39. The second-order valence-corrected chi connectivity index (χ2v) is 6.45. The summed E-state index contributed by atoms with van der Waals surface area (Å²) in [6.45, 7) is 0.597. The van der Waals surface area contributed by atoms with Crippen LogP contribution in [-0.4, -0.2) is 30.6 Å². The minimum Gasteiger partial charge on any atom is -0.305 e. The van der Waals surface area contributed by atoms with E-state index in [1.807, 2.05) is 24.3 Å². The Balaban J connectivity index is 1.35. The highest BCUT2D eigenvalue weighted by molar-refractivity contribution is 6.30. The number of carbonyl (C=O) groups excluding carboxylic acids is 1. The molecule has 2 amide bonds. The lowest BCUT2D eigenvalue weighted by Gasteiger charge is -2.04. The lowest BCUT2D eigenvalue weighted by atomic mass is 10.3. The van der Waals surface area contributed by atoms with Crippen LogP contribution in [0.1, 0.15) is 5.56 Å². The molecule has 0 spiro atoms. The summed E-state index contributed by atoms with van der Waals surface area (Å²) in [5, 5.41) is 14.6. The van der Waals surface area contributed by atoms with Gasteiger partial charge < -0.3 is 10.6 Å². The summed E-state index contributed by atoms with van der Waals surface area (Å²) in [6.07, 6.45) is 10.1. The fourth-order valence-electron chi connectivity index (χ4n) is 2.61. The summed E-state index contributed by atoms with van der Waals surface area (Å²) in [7, 11) is 0. The highest BCUT2D eigenvalue weighted by Gasteiger charge is 2.08. The molecule has 0 aliphatic rings. The van der Waals surface area contributed by atoms with E-state index in [1.165, 1.54) is 0 Å². The molecule has 8 nitrogen and oxygen atoms in total. The molecule has 4 rings (SSSR count). The molecule has 3 heterocycles. The molecule has 0 fully saturated rings. The van der Waals surface area contributed by atoms with Crippen LogP contribution in [0, 0.1) is 0 Å². The second kappa shape index (κ2) is 7.93. The molecule has 9 heteroatoms. The van der Waals surface area contributed by atoms with Crippen LogP contribution in [0.5, 0.6) is 0 Å². The molecule has 0 atom stereocenters. The fourth-order valence-corrected chi connectivity index (χ4v) is 2.73. The van der Waals surface area contributed by atoms with Gasteiger partial charge in [-0.15, -0.1) is 0 Å². The number of carbonyl (C=O) groups is 1. The van der Waals surface area contributed by atoms with Crippen molar-refractivity contribution < 1.29 is 4.79 Å². The Labute approximate surface area is 165 Å². The third-order valence-electron chi connectivity index (χ3n) is 3.92. The van der Waals surface area contributed by atoms with Crippen LogP contribution in [0.25, 0.3) is 5.69 Å². The lowest BCUT2D eigenvalue weighted by molar-refractivity contribution is 0.262. The number of hydrogen-bond acceptors (Lipinski definition) is 4. The molecule has 3 aromatic heterocycles. The van der Waals surface area contributed by atoms with Crippen LogP contribution >= 0.6 is 11.6 Å². The topological polar surface area (TPSA) is 89.7 Å². The molecule has 2 N–H and O–H groups in total. The average molecular weight is 394 g/mol. The standard InChI is InChI=1S/C19H16ClN7O/c20-15-1-3-18(4-2-15)27-13-17(10-23-27)25-19(28)24-16-9-22-26(12-16)11-14-5-7-21-8-6-14/h1-10,12-13H,11H2,(H2,24,25,28). The zero-order chi connectivity index (χ0) is 19.3. The van der Waals surface area contributed by atoms with E-state index >= 15 is 0 Å². The van der Waals surface area contributed by atoms with Crippen molar-refractivity contribution in [3.05, 3.63) is 84.2 Å². The average Bonchev–Trinajstić information content (AvgIpc) is 3.33. The monoisotopic (exact) mass is 393 g/mol. The van der Waals surface area contributed by atoms with Gasteiger partial charge in [-0.1, -0.05) is 11.6 Å². The fraction of sp³-hybridized carbons (Fsp3) is 0.0526. The van der Waals surface area contributed by atoms with E-state index < -0.39 is 0 Å². The molecule has 0 saturated carbocycles. The number of halogens is 1. The number of urea groups is 1. The molecular weight excluding hydrogens is 378 g/mol. The Morgan fingerprint density at radius 2 is 1.61 bits per heavy atom. The summed E-state index contributed by atoms with van der Waals surface area (Å²) >= 11 is 5.89. The van der Waals surface area contributed by atoms with Gasteiger partial charge in [-0.3, -0.25) is 9.67 Å². The van der Waals surface area contributed by atoms with Crippen molar-refractivity contribution in [1.29, 1.82) is 0 Å². The van der Waals surface area contributed by atoms with Gasteiger partial charge in [0.15, 0.2) is 0 Å². The molecular formula is C19H16ClN7O. The Morgan fingerprint density at radius 1 is 0.929 bits per heavy atom. The van der Waals surface area contributed by atoms with E-state index in [4.69, 9.17) is 11.6 Å². The number of amides is 2. The van der Waals surface area contributed by atoms with Crippen molar-refractivity contribution in [2.24, 2.45) is 0 Å². The Morgan fingerprint density at radius 3 is 2.36 bits per heavy atom. The molecule has 0 aliphatic heterocycles. The third kappa shape index (κ3) is 4.36. The molecule has 0 radical (unpaired) electrons. The first-order valence-corrected chi connectivity index (χ1v) is 8.83. The molecule has 4 aromatic rings. The first-order valence-electron chi connectivity index (χ1n) is 8.46. The van der Waals surface area contributed by atoms with Crippen molar-refractivity contribution in [2.45, 2.75) is 6.54 Å². The molecule has 0 aliphatic carbocycles. The zero-order valence-corrected chi connectivity index (χ0v) is 15.4. The Kier molecular flexibility index (Phi) is 5.03. The van der Waals surface area contributed by atoms with Gasteiger partial charge in [-0.25, -0.2) is 9.48 Å². The van der Waals surface area contributed by atoms with Crippen LogP contribution in [0.4, 0.5) is 16.2 Å². The summed E-state index contributed by atoms with van der Waals surface area (Å²) in [6, 6.07) is 10.7. The smallest absolute Gasteiger partial charge is 0.305 e. The van der Waals surface area contributed by atoms with E-state index in [-0.39, 0.29) is 6.03 Å². The predicted octanol–water partition coefficient (Wildman–Crippen LogP) is 3.81. The van der Waals surface area contributed by atoms with Crippen molar-refractivity contribution in [3.63, 3.8) is 0 Å². The number of nitrogens with one attached hydrogen (secondary N) is 2. The Bertz CT molecular complexity index is 1070. The number of anilines is 2. The number of rotatable bonds is 5. The van der Waals surface area contributed by atoms with Crippen molar-refractivity contribution in [2.75, 3.05) is 10.6 Å². The van der Waals surface area contributed by atoms with Crippen LogP contribution in [0.3, 0.4) is 0 Å². The molecule has 28 heavy (non-hydrogen) atoms. The van der Waals surface area contributed by atoms with E-state index in [0.717, 1.165) is 11.3 Å². The summed E-state index contributed by atoms with van der Waals surface area (Å²) in [5.41, 5.74) is 3.08. The van der Waals surface area contributed by atoms with Gasteiger partial charge in [0, 0.05) is 23.6 Å².